The van der Waals surface area contributed by atoms with Gasteiger partial charge in [-0.25, -0.2) is 0 Å². The van der Waals surface area contributed by atoms with E-state index in [4.69, 9.17) is 0 Å². The SMILES string of the molecule is Cc1cccc(C(CNC2CC2)Cc2ccccc2)c1. The van der Waals surface area contributed by atoms with Crippen LogP contribution >= 0.6 is 0 Å². The van der Waals surface area contributed by atoms with Crippen LogP contribution in [0.1, 0.15) is 35.4 Å². The fourth-order valence-corrected chi connectivity index (χ4v) is 2.73. The van der Waals surface area contributed by atoms with Gasteiger partial charge in [-0.15, -0.1) is 0 Å². The quantitative estimate of drug-likeness (QED) is 0.830. The van der Waals surface area contributed by atoms with E-state index in [0.717, 1.165) is 19.0 Å². The molecule has 0 bridgehead atoms. The van der Waals surface area contributed by atoms with Gasteiger partial charge >= 0.3 is 0 Å². The van der Waals surface area contributed by atoms with Gasteiger partial charge in [0.05, 0.1) is 0 Å². The largest absolute Gasteiger partial charge is 0.313 e. The van der Waals surface area contributed by atoms with E-state index in [1.807, 2.05) is 0 Å². The molecular weight excluding hydrogens is 242 g/mol. The van der Waals surface area contributed by atoms with E-state index in [0.29, 0.717) is 5.92 Å². The Bertz CT molecular complexity index is 543. The lowest BCUT2D eigenvalue weighted by molar-refractivity contribution is 0.577. The maximum absolute atomic E-state index is 3.69. The van der Waals surface area contributed by atoms with Crippen LogP contribution in [0.4, 0.5) is 0 Å². The van der Waals surface area contributed by atoms with Gasteiger partial charge in [0, 0.05) is 18.5 Å². The molecule has 0 amide bonds. The molecular formula is C19H23N. The Morgan fingerprint density at radius 3 is 2.55 bits per heavy atom. The van der Waals surface area contributed by atoms with Gasteiger partial charge < -0.3 is 5.32 Å². The smallest absolute Gasteiger partial charge is 0.00684 e. The average Bonchev–Trinajstić information content (AvgIpc) is 3.29. The summed E-state index contributed by atoms with van der Waals surface area (Å²) >= 11 is 0. The zero-order valence-corrected chi connectivity index (χ0v) is 12.2. The van der Waals surface area contributed by atoms with Gasteiger partial charge in [-0.05, 0) is 37.3 Å². The van der Waals surface area contributed by atoms with E-state index in [2.05, 4.69) is 66.8 Å². The molecule has 0 aromatic heterocycles. The van der Waals surface area contributed by atoms with Gasteiger partial charge in [0.2, 0.25) is 0 Å². The average molecular weight is 265 g/mol. The summed E-state index contributed by atoms with van der Waals surface area (Å²) in [7, 11) is 0. The number of benzene rings is 2. The minimum atomic E-state index is 0.568. The Kier molecular flexibility index (Phi) is 4.17. The van der Waals surface area contributed by atoms with Crippen molar-refractivity contribution in [2.45, 2.75) is 38.1 Å². The minimum absolute atomic E-state index is 0.568. The van der Waals surface area contributed by atoms with E-state index in [-0.39, 0.29) is 0 Å². The third kappa shape index (κ3) is 3.71. The Labute approximate surface area is 122 Å². The molecule has 1 saturated carbocycles. The van der Waals surface area contributed by atoms with Crippen molar-refractivity contribution in [1.82, 2.24) is 5.32 Å². The molecule has 1 atom stereocenters. The fourth-order valence-electron chi connectivity index (χ4n) is 2.73. The predicted molar refractivity (Wildman–Crippen MR) is 85.1 cm³/mol. The predicted octanol–water partition coefficient (Wildman–Crippen LogP) is 4.07. The second-order valence-electron chi connectivity index (χ2n) is 5.98. The fraction of sp³-hybridized carbons (Fsp3) is 0.368. The van der Waals surface area contributed by atoms with Gasteiger partial charge in [0.25, 0.3) is 0 Å². The van der Waals surface area contributed by atoms with Crippen molar-refractivity contribution in [1.29, 1.82) is 0 Å². The Balaban J connectivity index is 1.75. The Morgan fingerprint density at radius 1 is 1.05 bits per heavy atom. The summed E-state index contributed by atoms with van der Waals surface area (Å²) in [6, 6.07) is 20.6. The van der Waals surface area contributed by atoms with Crippen molar-refractivity contribution in [2.24, 2.45) is 0 Å². The van der Waals surface area contributed by atoms with Crippen LogP contribution in [-0.4, -0.2) is 12.6 Å². The molecule has 0 saturated heterocycles. The Morgan fingerprint density at radius 2 is 1.85 bits per heavy atom. The summed E-state index contributed by atoms with van der Waals surface area (Å²) in [5.41, 5.74) is 4.24. The van der Waals surface area contributed by atoms with Crippen LogP contribution in [0.15, 0.2) is 54.6 Å². The first-order valence-corrected chi connectivity index (χ1v) is 7.65. The van der Waals surface area contributed by atoms with Crippen LogP contribution in [0, 0.1) is 6.92 Å². The van der Waals surface area contributed by atoms with Gasteiger partial charge in [0.1, 0.15) is 0 Å². The van der Waals surface area contributed by atoms with E-state index in [1.54, 1.807) is 0 Å². The third-order valence-corrected chi connectivity index (χ3v) is 4.07. The van der Waals surface area contributed by atoms with Crippen LogP contribution in [0.3, 0.4) is 0 Å². The zero-order valence-electron chi connectivity index (χ0n) is 12.2. The van der Waals surface area contributed by atoms with Crippen molar-refractivity contribution in [3.8, 4) is 0 Å². The monoisotopic (exact) mass is 265 g/mol. The lowest BCUT2D eigenvalue weighted by Crippen LogP contribution is -2.24. The van der Waals surface area contributed by atoms with Crippen LogP contribution in [0.5, 0.6) is 0 Å². The first-order valence-electron chi connectivity index (χ1n) is 7.65. The van der Waals surface area contributed by atoms with Crippen LogP contribution in [0.2, 0.25) is 0 Å². The maximum Gasteiger partial charge on any atom is 0.00684 e. The molecule has 0 radical (unpaired) electrons. The summed E-state index contributed by atoms with van der Waals surface area (Å²) in [6.07, 6.45) is 3.82. The minimum Gasteiger partial charge on any atom is -0.313 e. The number of nitrogens with one attached hydrogen (secondary N) is 1. The molecule has 104 valence electrons. The van der Waals surface area contributed by atoms with E-state index in [9.17, 15) is 0 Å². The van der Waals surface area contributed by atoms with Gasteiger partial charge in [0.15, 0.2) is 0 Å². The molecule has 0 spiro atoms. The van der Waals surface area contributed by atoms with E-state index < -0.39 is 0 Å². The lowest BCUT2D eigenvalue weighted by Gasteiger charge is -2.19. The molecule has 1 N–H and O–H groups in total. The maximum atomic E-state index is 3.69. The summed E-state index contributed by atoms with van der Waals surface area (Å²) < 4.78 is 0. The van der Waals surface area contributed by atoms with Crippen LogP contribution in [0.25, 0.3) is 0 Å². The van der Waals surface area contributed by atoms with Crippen molar-refractivity contribution >= 4 is 0 Å². The molecule has 3 rings (SSSR count). The van der Waals surface area contributed by atoms with Gasteiger partial charge in [-0.3, -0.25) is 0 Å². The summed E-state index contributed by atoms with van der Waals surface area (Å²) in [5, 5.41) is 3.69. The number of rotatable bonds is 6. The molecule has 1 unspecified atom stereocenters. The van der Waals surface area contributed by atoms with Crippen LogP contribution < -0.4 is 5.32 Å². The second kappa shape index (κ2) is 6.23. The molecule has 1 heteroatoms. The normalized spacial score (nSPS) is 16.1. The molecule has 2 aromatic rings. The van der Waals surface area contributed by atoms with Gasteiger partial charge in [-0.2, -0.15) is 0 Å². The molecule has 1 fully saturated rings. The molecule has 2 aromatic carbocycles. The number of hydrogen-bond donors (Lipinski definition) is 1. The third-order valence-electron chi connectivity index (χ3n) is 4.07. The molecule has 1 aliphatic rings. The highest BCUT2D eigenvalue weighted by Gasteiger charge is 2.22. The molecule has 0 aliphatic heterocycles. The summed E-state index contributed by atoms with van der Waals surface area (Å²) in [6.45, 7) is 3.26. The lowest BCUT2D eigenvalue weighted by atomic mass is 9.91. The topological polar surface area (TPSA) is 12.0 Å². The highest BCUT2D eigenvalue weighted by Crippen LogP contribution is 2.24. The number of hydrogen-bond acceptors (Lipinski definition) is 1. The Hall–Kier alpha value is -1.60. The summed E-state index contributed by atoms with van der Waals surface area (Å²) in [5.74, 6) is 0.568. The highest BCUT2D eigenvalue weighted by molar-refractivity contribution is 5.28. The highest BCUT2D eigenvalue weighted by atomic mass is 14.9. The van der Waals surface area contributed by atoms with Crippen molar-refractivity contribution in [2.75, 3.05) is 6.54 Å². The first kappa shape index (κ1) is 13.4. The van der Waals surface area contributed by atoms with Crippen molar-refractivity contribution in [3.63, 3.8) is 0 Å². The van der Waals surface area contributed by atoms with E-state index >= 15 is 0 Å². The molecule has 1 nitrogen and oxygen atoms in total. The second-order valence-corrected chi connectivity index (χ2v) is 5.98. The first-order chi connectivity index (χ1) is 9.81. The van der Waals surface area contributed by atoms with Crippen LogP contribution in [-0.2, 0) is 6.42 Å². The van der Waals surface area contributed by atoms with Gasteiger partial charge in [-0.1, -0.05) is 60.2 Å². The molecule has 20 heavy (non-hydrogen) atoms. The van der Waals surface area contributed by atoms with Crippen molar-refractivity contribution in [3.05, 3.63) is 71.3 Å². The number of aryl methyl sites for hydroxylation is 1. The zero-order chi connectivity index (χ0) is 13.8. The van der Waals surface area contributed by atoms with Crippen molar-refractivity contribution < 1.29 is 0 Å². The summed E-state index contributed by atoms with van der Waals surface area (Å²) in [4.78, 5) is 0. The molecule has 0 heterocycles. The molecule has 1 aliphatic carbocycles. The van der Waals surface area contributed by atoms with E-state index in [1.165, 1.54) is 29.5 Å². The standard InChI is InChI=1S/C19H23N/c1-15-6-5-9-17(12-15)18(14-20-19-10-11-19)13-16-7-3-2-4-8-16/h2-9,12,18-20H,10-11,13-14H2,1H3.